The molecule has 0 unspecified atom stereocenters. The summed E-state index contributed by atoms with van der Waals surface area (Å²) in [6.45, 7) is 2.36. The molecule has 2 heterocycles. The van der Waals surface area contributed by atoms with Gasteiger partial charge in [-0.05, 0) is 50.4 Å². The minimum atomic E-state index is -0.460. The zero-order valence-corrected chi connectivity index (χ0v) is 17.3. The van der Waals surface area contributed by atoms with Gasteiger partial charge in [0.1, 0.15) is 10.7 Å². The highest BCUT2D eigenvalue weighted by molar-refractivity contribution is 7.80. The van der Waals surface area contributed by atoms with Crippen molar-refractivity contribution < 1.29 is 14.3 Å². The number of carbonyl (C=O) groups is 2. The number of rotatable bonds is 4. The van der Waals surface area contributed by atoms with Crippen molar-refractivity contribution in [2.45, 2.75) is 39.2 Å². The molecule has 0 atom stereocenters. The first-order valence-corrected chi connectivity index (χ1v) is 10.1. The van der Waals surface area contributed by atoms with Crippen LogP contribution in [-0.4, -0.2) is 33.9 Å². The molecule has 0 saturated heterocycles. The van der Waals surface area contributed by atoms with Gasteiger partial charge in [0.15, 0.2) is 5.11 Å². The maximum absolute atomic E-state index is 12.5. The highest BCUT2D eigenvalue weighted by Crippen LogP contribution is 2.38. The first-order chi connectivity index (χ1) is 13.0. The van der Waals surface area contributed by atoms with E-state index < -0.39 is 11.9 Å². The molecule has 1 aliphatic carbocycles. The highest BCUT2D eigenvalue weighted by Gasteiger charge is 2.27. The summed E-state index contributed by atoms with van der Waals surface area (Å²) >= 11 is 12.8. The molecule has 0 spiro atoms. The molecular weight excluding hydrogens is 408 g/mol. The van der Waals surface area contributed by atoms with Crippen LogP contribution in [0.3, 0.4) is 0 Å². The lowest BCUT2D eigenvalue weighted by Crippen LogP contribution is -2.35. The van der Waals surface area contributed by atoms with Crippen molar-refractivity contribution in [3.63, 3.8) is 0 Å². The smallest absolute Gasteiger partial charge is 0.341 e. The molecule has 144 valence electrons. The van der Waals surface area contributed by atoms with E-state index >= 15 is 0 Å². The number of hydrogen-bond acceptors (Lipinski definition) is 6. The molecule has 0 bridgehead atoms. The number of fused-ring (bicyclic) bond motifs is 1. The number of halogens is 1. The lowest BCUT2D eigenvalue weighted by molar-refractivity contribution is 0.0601. The topological polar surface area (TPSA) is 85.3 Å². The number of aromatic nitrogens is 2. The summed E-state index contributed by atoms with van der Waals surface area (Å²) < 4.78 is 6.43. The Bertz CT molecular complexity index is 906. The zero-order valence-electron chi connectivity index (χ0n) is 14.9. The quantitative estimate of drug-likeness (QED) is 0.575. The number of anilines is 1. The minimum absolute atomic E-state index is 0.0867. The Labute approximate surface area is 171 Å². The van der Waals surface area contributed by atoms with Gasteiger partial charge in [0, 0.05) is 11.4 Å². The first-order valence-electron chi connectivity index (χ1n) is 8.52. The van der Waals surface area contributed by atoms with Crippen molar-refractivity contribution in [3.05, 3.63) is 32.9 Å². The van der Waals surface area contributed by atoms with Gasteiger partial charge in [0.25, 0.3) is 5.91 Å². The molecule has 2 N–H and O–H groups in total. The van der Waals surface area contributed by atoms with E-state index in [1.807, 2.05) is 6.92 Å². The Morgan fingerprint density at radius 2 is 2.15 bits per heavy atom. The van der Waals surface area contributed by atoms with Crippen molar-refractivity contribution in [2.75, 3.05) is 12.4 Å². The number of thiocarbonyl (C=S) groups is 1. The van der Waals surface area contributed by atoms with Crippen LogP contribution in [-0.2, 0) is 24.1 Å². The van der Waals surface area contributed by atoms with Crippen LogP contribution in [0.5, 0.6) is 0 Å². The van der Waals surface area contributed by atoms with E-state index in [1.54, 1.807) is 0 Å². The number of amides is 1. The molecule has 0 radical (unpaired) electrons. The van der Waals surface area contributed by atoms with Crippen LogP contribution in [0.2, 0.25) is 5.02 Å². The molecule has 2 aromatic heterocycles. The summed E-state index contributed by atoms with van der Waals surface area (Å²) in [5.74, 6) is -0.865. The third-order valence-corrected chi connectivity index (χ3v) is 6.01. The Kier molecular flexibility index (Phi) is 6.13. The fourth-order valence-electron chi connectivity index (χ4n) is 3.10. The highest BCUT2D eigenvalue weighted by atomic mass is 35.5. The van der Waals surface area contributed by atoms with Gasteiger partial charge in [-0.1, -0.05) is 11.6 Å². The van der Waals surface area contributed by atoms with Crippen molar-refractivity contribution >= 4 is 57.1 Å². The number of carbonyl (C=O) groups excluding carboxylic acids is 2. The predicted octanol–water partition coefficient (Wildman–Crippen LogP) is 3.41. The van der Waals surface area contributed by atoms with Crippen molar-refractivity contribution in [1.82, 2.24) is 15.1 Å². The third-order valence-electron chi connectivity index (χ3n) is 4.32. The second-order valence-corrected chi connectivity index (χ2v) is 7.89. The summed E-state index contributed by atoms with van der Waals surface area (Å²) in [6.07, 6.45) is 5.31. The number of aryl methyl sites for hydroxylation is 2. The van der Waals surface area contributed by atoms with Crippen LogP contribution in [0.4, 0.5) is 5.00 Å². The number of methoxy groups -OCH3 is 1. The number of thiophene rings is 1. The maximum Gasteiger partial charge on any atom is 0.341 e. The number of nitrogens with one attached hydrogen (secondary N) is 2. The molecule has 3 rings (SSSR count). The Morgan fingerprint density at radius 1 is 1.41 bits per heavy atom. The van der Waals surface area contributed by atoms with E-state index in [2.05, 4.69) is 15.7 Å². The fourth-order valence-corrected chi connectivity index (χ4v) is 4.86. The maximum atomic E-state index is 12.5. The van der Waals surface area contributed by atoms with Crippen molar-refractivity contribution in [1.29, 1.82) is 0 Å². The normalized spacial score (nSPS) is 13.0. The van der Waals surface area contributed by atoms with Gasteiger partial charge in [0.2, 0.25) is 0 Å². The van der Waals surface area contributed by atoms with Crippen LogP contribution in [0.1, 0.15) is 51.1 Å². The van der Waals surface area contributed by atoms with Gasteiger partial charge in [-0.2, -0.15) is 5.10 Å². The molecule has 27 heavy (non-hydrogen) atoms. The standard InChI is InChI=1S/C17H19ClN4O3S2/c1-3-22-13(10(18)8-19-22)14(23)20-17(26)21-15-12(16(24)25-2)9-6-4-5-7-11(9)27-15/h8H,3-7H2,1-2H3,(H2,20,21,23,26). The molecular formula is C17H19ClN4O3S2. The lowest BCUT2D eigenvalue weighted by Gasteiger charge is -2.12. The van der Waals surface area contributed by atoms with E-state index in [-0.39, 0.29) is 15.8 Å². The minimum Gasteiger partial charge on any atom is -0.465 e. The fraction of sp³-hybridized carbons (Fsp3) is 0.412. The Morgan fingerprint density at radius 3 is 2.85 bits per heavy atom. The Hall–Kier alpha value is -1.97. The van der Waals surface area contributed by atoms with E-state index in [9.17, 15) is 9.59 Å². The Balaban J connectivity index is 1.80. The average molecular weight is 427 g/mol. The summed E-state index contributed by atoms with van der Waals surface area (Å²) in [5, 5.41) is 10.5. The van der Waals surface area contributed by atoms with Crippen molar-refractivity contribution in [2.24, 2.45) is 0 Å². The van der Waals surface area contributed by atoms with Crippen LogP contribution in [0.25, 0.3) is 0 Å². The van der Waals surface area contributed by atoms with Crippen LogP contribution >= 0.6 is 35.2 Å². The zero-order chi connectivity index (χ0) is 19.6. The largest absolute Gasteiger partial charge is 0.465 e. The second kappa shape index (κ2) is 8.37. The molecule has 1 amide bonds. The second-order valence-electron chi connectivity index (χ2n) is 5.97. The van der Waals surface area contributed by atoms with Gasteiger partial charge in [-0.15, -0.1) is 11.3 Å². The SMILES string of the molecule is CCn1ncc(Cl)c1C(=O)NC(=S)Nc1sc2c(c1C(=O)OC)CCCC2. The van der Waals surface area contributed by atoms with Gasteiger partial charge in [-0.25, -0.2) is 4.79 Å². The lowest BCUT2D eigenvalue weighted by atomic mass is 9.95. The summed E-state index contributed by atoms with van der Waals surface area (Å²) in [5.41, 5.74) is 1.76. The number of hydrogen-bond donors (Lipinski definition) is 2. The van der Waals surface area contributed by atoms with E-state index in [0.717, 1.165) is 36.1 Å². The van der Waals surface area contributed by atoms with Gasteiger partial charge in [0.05, 0.1) is 23.9 Å². The predicted molar refractivity (Wildman–Crippen MR) is 109 cm³/mol. The summed E-state index contributed by atoms with van der Waals surface area (Å²) in [4.78, 5) is 25.9. The number of ether oxygens (including phenoxy) is 1. The monoisotopic (exact) mass is 426 g/mol. The van der Waals surface area contributed by atoms with E-state index in [1.165, 1.54) is 29.3 Å². The van der Waals surface area contributed by atoms with Crippen molar-refractivity contribution in [3.8, 4) is 0 Å². The van der Waals surface area contributed by atoms with E-state index in [0.29, 0.717) is 17.1 Å². The van der Waals surface area contributed by atoms with Gasteiger partial charge < -0.3 is 10.1 Å². The van der Waals surface area contributed by atoms with Gasteiger partial charge >= 0.3 is 5.97 Å². The molecule has 0 fully saturated rings. The first kappa shape index (κ1) is 19.8. The number of nitrogens with zero attached hydrogens (tertiary/aromatic N) is 2. The van der Waals surface area contributed by atoms with Gasteiger partial charge in [-0.3, -0.25) is 14.8 Å². The van der Waals surface area contributed by atoms with E-state index in [4.69, 9.17) is 28.6 Å². The number of esters is 1. The van der Waals surface area contributed by atoms with Crippen LogP contribution < -0.4 is 10.6 Å². The molecule has 1 aliphatic rings. The summed E-state index contributed by atoms with van der Waals surface area (Å²) in [7, 11) is 1.35. The molecule has 0 aliphatic heterocycles. The third kappa shape index (κ3) is 3.99. The molecule has 10 heteroatoms. The molecule has 0 aromatic carbocycles. The summed E-state index contributed by atoms with van der Waals surface area (Å²) in [6, 6.07) is 0. The van der Waals surface area contributed by atoms with Crippen LogP contribution in [0, 0.1) is 0 Å². The molecule has 2 aromatic rings. The average Bonchev–Trinajstić information content (AvgIpc) is 3.20. The molecule has 0 saturated carbocycles. The molecule has 7 nitrogen and oxygen atoms in total. The van der Waals surface area contributed by atoms with Crippen LogP contribution in [0.15, 0.2) is 6.20 Å².